The fraction of sp³-hybridized carbons (Fsp3) is 0.500. The molecule has 2 aromatic rings. The number of H-pyrrole nitrogens is 1. The van der Waals surface area contributed by atoms with E-state index < -0.39 is 0 Å². The van der Waals surface area contributed by atoms with Gasteiger partial charge in [0.25, 0.3) is 0 Å². The number of anilines is 1. The molecule has 0 atom stereocenters. The van der Waals surface area contributed by atoms with Crippen molar-refractivity contribution in [2.45, 2.75) is 38.5 Å². The van der Waals surface area contributed by atoms with Crippen LogP contribution in [-0.4, -0.2) is 22.4 Å². The molecular formula is C16H22N4O. The van der Waals surface area contributed by atoms with Crippen molar-refractivity contribution in [1.29, 1.82) is 0 Å². The van der Waals surface area contributed by atoms with Crippen LogP contribution in [0.2, 0.25) is 0 Å². The molecule has 0 saturated heterocycles. The number of imidazole rings is 1. The number of benzene rings is 1. The molecule has 1 aromatic heterocycles. The molecule has 1 amide bonds. The average Bonchev–Trinajstić information content (AvgIpc) is 2.90. The monoisotopic (exact) mass is 286 g/mol. The predicted molar refractivity (Wildman–Crippen MR) is 83.9 cm³/mol. The topological polar surface area (TPSA) is 83.8 Å². The van der Waals surface area contributed by atoms with Gasteiger partial charge in [-0.25, -0.2) is 4.98 Å². The van der Waals surface area contributed by atoms with E-state index in [0.29, 0.717) is 18.9 Å². The molecule has 0 radical (unpaired) electrons. The fourth-order valence-corrected chi connectivity index (χ4v) is 3.28. The number of nitrogens with zero attached hydrogens (tertiary/aromatic N) is 1. The lowest BCUT2D eigenvalue weighted by atomic mass is 9.72. The summed E-state index contributed by atoms with van der Waals surface area (Å²) in [5.74, 6) is 0.519. The van der Waals surface area contributed by atoms with Crippen molar-refractivity contribution in [3.8, 4) is 0 Å². The highest BCUT2D eigenvalue weighted by atomic mass is 16.1. The van der Waals surface area contributed by atoms with E-state index in [0.717, 1.165) is 23.9 Å². The maximum Gasteiger partial charge on any atom is 0.227 e. The summed E-state index contributed by atoms with van der Waals surface area (Å²) in [6.45, 7) is 0.584. The number of carbonyl (C=O) groups is 1. The molecule has 1 heterocycles. The number of nitrogens with one attached hydrogen (secondary N) is 2. The minimum absolute atomic E-state index is 0.00130. The smallest absolute Gasteiger partial charge is 0.227 e. The van der Waals surface area contributed by atoms with Crippen molar-refractivity contribution in [3.05, 3.63) is 24.3 Å². The summed E-state index contributed by atoms with van der Waals surface area (Å²) in [7, 11) is 0. The Hall–Kier alpha value is -1.88. The van der Waals surface area contributed by atoms with Crippen LogP contribution in [0.5, 0.6) is 0 Å². The molecule has 4 N–H and O–H groups in total. The van der Waals surface area contributed by atoms with Crippen molar-refractivity contribution in [1.82, 2.24) is 9.97 Å². The molecule has 1 aliphatic carbocycles. The largest absolute Gasteiger partial charge is 0.330 e. The highest BCUT2D eigenvalue weighted by molar-refractivity contribution is 5.91. The van der Waals surface area contributed by atoms with E-state index in [-0.39, 0.29) is 11.3 Å². The molecule has 0 aliphatic heterocycles. The van der Waals surface area contributed by atoms with Gasteiger partial charge in [0.1, 0.15) is 0 Å². The Morgan fingerprint density at radius 1 is 1.29 bits per heavy atom. The molecule has 1 fully saturated rings. The second-order valence-electron chi connectivity index (χ2n) is 6.09. The Bertz CT molecular complexity index is 595. The SMILES string of the molecule is NCC1(CC(=O)Nc2nc3ccccc3[nH]2)CCCCC1. The molecule has 0 spiro atoms. The van der Waals surface area contributed by atoms with Crippen LogP contribution in [0, 0.1) is 5.41 Å². The number of hydrogen-bond acceptors (Lipinski definition) is 3. The van der Waals surface area contributed by atoms with Gasteiger partial charge in [0, 0.05) is 6.42 Å². The maximum absolute atomic E-state index is 12.3. The second-order valence-corrected chi connectivity index (χ2v) is 6.09. The standard InChI is InChI=1S/C16H22N4O/c17-11-16(8-4-1-5-9-16)10-14(21)20-15-18-12-6-2-3-7-13(12)19-15/h2-3,6-7H,1,4-5,8-11,17H2,(H2,18,19,20,21). The third-order valence-corrected chi connectivity index (χ3v) is 4.53. The summed E-state index contributed by atoms with van der Waals surface area (Å²) in [5, 5.41) is 2.88. The number of nitrogens with two attached hydrogens (primary N) is 1. The summed E-state index contributed by atoms with van der Waals surface area (Å²) in [5.41, 5.74) is 7.71. The normalized spacial score (nSPS) is 17.8. The molecule has 5 nitrogen and oxygen atoms in total. The van der Waals surface area contributed by atoms with Gasteiger partial charge in [-0.05, 0) is 36.9 Å². The third-order valence-electron chi connectivity index (χ3n) is 4.53. The van der Waals surface area contributed by atoms with Crippen LogP contribution < -0.4 is 11.1 Å². The number of fused-ring (bicyclic) bond motifs is 1. The van der Waals surface area contributed by atoms with Gasteiger partial charge in [-0.15, -0.1) is 0 Å². The molecule has 5 heteroatoms. The van der Waals surface area contributed by atoms with Crippen LogP contribution in [-0.2, 0) is 4.79 Å². The minimum Gasteiger partial charge on any atom is -0.330 e. The number of amides is 1. The molecule has 1 aromatic carbocycles. The lowest BCUT2D eigenvalue weighted by Gasteiger charge is -2.35. The van der Waals surface area contributed by atoms with E-state index in [1.807, 2.05) is 24.3 Å². The zero-order valence-electron chi connectivity index (χ0n) is 12.2. The van der Waals surface area contributed by atoms with E-state index >= 15 is 0 Å². The molecule has 1 saturated carbocycles. The predicted octanol–water partition coefficient (Wildman–Crippen LogP) is 2.80. The first kappa shape index (κ1) is 14.1. The van der Waals surface area contributed by atoms with Crippen molar-refractivity contribution in [2.24, 2.45) is 11.1 Å². The first-order valence-corrected chi connectivity index (χ1v) is 7.65. The van der Waals surface area contributed by atoms with Crippen molar-refractivity contribution >= 4 is 22.9 Å². The van der Waals surface area contributed by atoms with Gasteiger partial charge in [0.05, 0.1) is 11.0 Å². The van der Waals surface area contributed by atoms with Crippen LogP contribution in [0.15, 0.2) is 24.3 Å². The van der Waals surface area contributed by atoms with Crippen LogP contribution in [0.3, 0.4) is 0 Å². The fourth-order valence-electron chi connectivity index (χ4n) is 3.28. The molecule has 112 valence electrons. The maximum atomic E-state index is 12.3. The quantitative estimate of drug-likeness (QED) is 0.808. The van der Waals surface area contributed by atoms with E-state index in [1.165, 1.54) is 19.3 Å². The van der Waals surface area contributed by atoms with Crippen LogP contribution >= 0.6 is 0 Å². The highest BCUT2D eigenvalue weighted by Crippen LogP contribution is 2.38. The lowest BCUT2D eigenvalue weighted by molar-refractivity contribution is -0.118. The van der Waals surface area contributed by atoms with Gasteiger partial charge in [0.2, 0.25) is 11.9 Å². The number of carbonyl (C=O) groups excluding carboxylic acids is 1. The van der Waals surface area contributed by atoms with Crippen LogP contribution in [0.25, 0.3) is 11.0 Å². The first-order chi connectivity index (χ1) is 10.2. The van der Waals surface area contributed by atoms with Gasteiger partial charge in [-0.2, -0.15) is 0 Å². The molecular weight excluding hydrogens is 264 g/mol. The highest BCUT2D eigenvalue weighted by Gasteiger charge is 2.33. The Morgan fingerprint density at radius 2 is 2.05 bits per heavy atom. The number of aromatic amines is 1. The van der Waals surface area contributed by atoms with Crippen molar-refractivity contribution < 1.29 is 4.79 Å². The van der Waals surface area contributed by atoms with Gasteiger partial charge in [-0.1, -0.05) is 31.4 Å². The zero-order valence-corrected chi connectivity index (χ0v) is 12.2. The lowest BCUT2D eigenvalue weighted by Crippen LogP contribution is -2.36. The Labute approximate surface area is 124 Å². The van der Waals surface area contributed by atoms with Gasteiger partial charge >= 0.3 is 0 Å². The summed E-state index contributed by atoms with van der Waals surface area (Å²) in [6, 6.07) is 7.74. The van der Waals surface area contributed by atoms with Gasteiger partial charge < -0.3 is 10.7 Å². The summed E-state index contributed by atoms with van der Waals surface area (Å²) in [4.78, 5) is 19.8. The molecule has 0 bridgehead atoms. The number of para-hydroxylation sites is 2. The summed E-state index contributed by atoms with van der Waals surface area (Å²) in [6.07, 6.45) is 6.20. The van der Waals surface area contributed by atoms with E-state index in [4.69, 9.17) is 5.73 Å². The second kappa shape index (κ2) is 5.85. The number of aromatic nitrogens is 2. The third kappa shape index (κ3) is 3.08. The number of rotatable bonds is 4. The average molecular weight is 286 g/mol. The minimum atomic E-state index is -0.0195. The Balaban J connectivity index is 1.68. The van der Waals surface area contributed by atoms with Gasteiger partial charge in [0.15, 0.2) is 0 Å². The van der Waals surface area contributed by atoms with E-state index in [1.54, 1.807) is 0 Å². The molecule has 21 heavy (non-hydrogen) atoms. The van der Waals surface area contributed by atoms with Crippen LogP contribution in [0.4, 0.5) is 5.95 Å². The van der Waals surface area contributed by atoms with E-state index in [9.17, 15) is 4.79 Å². The first-order valence-electron chi connectivity index (χ1n) is 7.65. The zero-order chi connectivity index (χ0) is 14.7. The summed E-state index contributed by atoms with van der Waals surface area (Å²) >= 11 is 0. The number of hydrogen-bond donors (Lipinski definition) is 3. The van der Waals surface area contributed by atoms with Crippen molar-refractivity contribution in [2.75, 3.05) is 11.9 Å². The Morgan fingerprint density at radius 3 is 2.76 bits per heavy atom. The summed E-state index contributed by atoms with van der Waals surface area (Å²) < 4.78 is 0. The van der Waals surface area contributed by atoms with Crippen molar-refractivity contribution in [3.63, 3.8) is 0 Å². The molecule has 1 aliphatic rings. The van der Waals surface area contributed by atoms with Crippen LogP contribution in [0.1, 0.15) is 38.5 Å². The molecule has 3 rings (SSSR count). The molecule has 0 unspecified atom stereocenters. The van der Waals surface area contributed by atoms with Gasteiger partial charge in [-0.3, -0.25) is 10.1 Å². The Kier molecular flexibility index (Phi) is 3.92. The van der Waals surface area contributed by atoms with E-state index in [2.05, 4.69) is 15.3 Å².